The molecule has 2 amide bonds. The van der Waals surface area contributed by atoms with E-state index in [1.165, 1.54) is 5.56 Å². The SMILES string of the molecule is NC[C@]1(c2cccc(Cl)c2)CC[C@@H](N2CC(=O)N[C@@H](Cc3ccccc3)C2=O)CC1.O=CO. The van der Waals surface area contributed by atoms with Crippen molar-refractivity contribution < 1.29 is 19.5 Å². The average Bonchev–Trinajstić information content (AvgIpc) is 2.82. The van der Waals surface area contributed by atoms with E-state index < -0.39 is 6.04 Å². The standard InChI is InChI=1S/C24H28ClN3O2.CH2O2/c25-19-8-4-7-18(14-19)24(16-26)11-9-20(10-12-24)28-15-22(29)27-21(23(28)30)13-17-5-2-1-3-6-17;2-1-3/h1-8,14,20-21H,9-13,15-16,26H2,(H,27,29);1H,(H,2,3)/t20-,21-,24+;/m0./s1. The number of halogens is 1. The van der Waals surface area contributed by atoms with Crippen LogP contribution in [0.2, 0.25) is 5.02 Å². The fourth-order valence-corrected chi connectivity index (χ4v) is 5.12. The van der Waals surface area contributed by atoms with Crippen molar-refractivity contribution in [1.29, 1.82) is 0 Å². The van der Waals surface area contributed by atoms with Crippen LogP contribution >= 0.6 is 11.6 Å². The number of nitrogens with two attached hydrogens (primary N) is 1. The Balaban J connectivity index is 0.000000968. The normalized spacial score (nSPS) is 25.0. The molecule has 4 rings (SSSR count). The second-order valence-corrected chi connectivity index (χ2v) is 9.04. The zero-order chi connectivity index (χ0) is 23.8. The molecule has 0 bridgehead atoms. The van der Waals surface area contributed by atoms with Crippen LogP contribution in [0.25, 0.3) is 0 Å². The highest BCUT2D eigenvalue weighted by Gasteiger charge is 2.42. The van der Waals surface area contributed by atoms with Crippen LogP contribution in [0.5, 0.6) is 0 Å². The minimum Gasteiger partial charge on any atom is -0.483 e. The van der Waals surface area contributed by atoms with Gasteiger partial charge in [-0.2, -0.15) is 0 Å². The first kappa shape index (κ1) is 24.7. The Hall–Kier alpha value is -2.90. The summed E-state index contributed by atoms with van der Waals surface area (Å²) in [7, 11) is 0. The average molecular weight is 472 g/mol. The largest absolute Gasteiger partial charge is 0.483 e. The molecule has 2 aliphatic rings. The molecular formula is C25H30ClN3O4. The first-order chi connectivity index (χ1) is 15.9. The van der Waals surface area contributed by atoms with Crippen LogP contribution < -0.4 is 11.1 Å². The van der Waals surface area contributed by atoms with Crippen molar-refractivity contribution in [3.8, 4) is 0 Å². The first-order valence-electron chi connectivity index (χ1n) is 11.1. The summed E-state index contributed by atoms with van der Waals surface area (Å²) in [4.78, 5) is 35.7. The van der Waals surface area contributed by atoms with Gasteiger partial charge in [-0.15, -0.1) is 0 Å². The lowest BCUT2D eigenvalue weighted by Gasteiger charge is -2.45. The highest BCUT2D eigenvalue weighted by Crippen LogP contribution is 2.41. The van der Waals surface area contributed by atoms with Gasteiger partial charge in [0.05, 0.1) is 6.54 Å². The van der Waals surface area contributed by atoms with Crippen molar-refractivity contribution in [1.82, 2.24) is 10.2 Å². The molecule has 2 aromatic carbocycles. The quantitative estimate of drug-likeness (QED) is 0.580. The van der Waals surface area contributed by atoms with Gasteiger partial charge in [-0.3, -0.25) is 14.4 Å². The fourth-order valence-electron chi connectivity index (χ4n) is 4.93. The number of nitrogens with zero attached hydrogens (tertiary/aromatic N) is 1. The van der Waals surface area contributed by atoms with Gasteiger partial charge in [0.1, 0.15) is 6.04 Å². The van der Waals surface area contributed by atoms with Crippen molar-refractivity contribution in [2.24, 2.45) is 5.73 Å². The first-order valence-corrected chi connectivity index (χ1v) is 11.5. The minimum absolute atomic E-state index is 0.0199. The third-order valence-electron chi connectivity index (χ3n) is 6.69. The van der Waals surface area contributed by atoms with Crippen LogP contribution in [-0.2, 0) is 26.2 Å². The molecule has 1 saturated carbocycles. The number of carbonyl (C=O) groups excluding carboxylic acids is 2. The van der Waals surface area contributed by atoms with Gasteiger partial charge in [0.2, 0.25) is 11.8 Å². The van der Waals surface area contributed by atoms with E-state index in [1.54, 1.807) is 4.90 Å². The molecule has 0 spiro atoms. The summed E-state index contributed by atoms with van der Waals surface area (Å²) in [6.07, 6.45) is 3.94. The summed E-state index contributed by atoms with van der Waals surface area (Å²) < 4.78 is 0. The lowest BCUT2D eigenvalue weighted by atomic mass is 9.68. The van der Waals surface area contributed by atoms with E-state index >= 15 is 0 Å². The van der Waals surface area contributed by atoms with Crippen LogP contribution in [0.15, 0.2) is 54.6 Å². The van der Waals surface area contributed by atoms with Crippen molar-refractivity contribution in [3.63, 3.8) is 0 Å². The second-order valence-electron chi connectivity index (χ2n) is 8.61. The van der Waals surface area contributed by atoms with E-state index in [0.717, 1.165) is 31.2 Å². The van der Waals surface area contributed by atoms with Gasteiger partial charge in [0.15, 0.2) is 0 Å². The van der Waals surface area contributed by atoms with E-state index in [-0.39, 0.29) is 36.3 Å². The van der Waals surface area contributed by atoms with E-state index in [9.17, 15) is 9.59 Å². The molecular weight excluding hydrogens is 442 g/mol. The lowest BCUT2D eigenvalue weighted by Crippen LogP contribution is -2.62. The minimum atomic E-state index is -0.497. The second kappa shape index (κ2) is 11.3. The molecule has 33 heavy (non-hydrogen) atoms. The maximum Gasteiger partial charge on any atom is 0.290 e. The topological polar surface area (TPSA) is 113 Å². The van der Waals surface area contributed by atoms with Gasteiger partial charge >= 0.3 is 0 Å². The van der Waals surface area contributed by atoms with Crippen molar-refractivity contribution in [2.45, 2.75) is 49.6 Å². The van der Waals surface area contributed by atoms with Gasteiger partial charge in [-0.05, 0) is 48.9 Å². The van der Waals surface area contributed by atoms with Crippen LogP contribution in [0.4, 0.5) is 0 Å². The Labute approximate surface area is 198 Å². The molecule has 0 unspecified atom stereocenters. The molecule has 7 nitrogen and oxygen atoms in total. The van der Waals surface area contributed by atoms with Gasteiger partial charge in [0, 0.05) is 29.4 Å². The van der Waals surface area contributed by atoms with E-state index in [2.05, 4.69) is 11.4 Å². The van der Waals surface area contributed by atoms with Gasteiger partial charge < -0.3 is 21.1 Å². The summed E-state index contributed by atoms with van der Waals surface area (Å²) in [6.45, 7) is 0.437. The monoisotopic (exact) mass is 471 g/mol. The Kier molecular flexibility index (Phi) is 8.47. The van der Waals surface area contributed by atoms with E-state index in [0.29, 0.717) is 18.0 Å². The molecule has 1 atom stereocenters. The summed E-state index contributed by atoms with van der Waals surface area (Å²) in [6, 6.07) is 17.3. The maximum atomic E-state index is 13.2. The van der Waals surface area contributed by atoms with E-state index in [4.69, 9.17) is 27.2 Å². The molecule has 2 aromatic rings. The molecule has 0 radical (unpaired) electrons. The molecule has 2 fully saturated rings. The number of rotatable bonds is 5. The zero-order valence-corrected chi connectivity index (χ0v) is 19.2. The Bertz CT molecular complexity index is 961. The number of piperazine rings is 1. The number of nitrogens with one attached hydrogen (secondary N) is 1. The van der Waals surface area contributed by atoms with Crippen LogP contribution in [0.1, 0.15) is 36.8 Å². The smallest absolute Gasteiger partial charge is 0.290 e. The van der Waals surface area contributed by atoms with Gasteiger partial charge in [0.25, 0.3) is 6.47 Å². The highest BCUT2D eigenvalue weighted by molar-refractivity contribution is 6.30. The highest BCUT2D eigenvalue weighted by atomic mass is 35.5. The summed E-state index contributed by atoms with van der Waals surface area (Å²) in [5.74, 6) is -0.0625. The zero-order valence-electron chi connectivity index (χ0n) is 18.5. The Morgan fingerprint density at radius 2 is 1.79 bits per heavy atom. The number of amides is 2. The molecule has 176 valence electrons. The molecule has 1 aliphatic heterocycles. The summed E-state index contributed by atoms with van der Waals surface area (Å²) >= 11 is 6.21. The van der Waals surface area contributed by atoms with Gasteiger partial charge in [-0.1, -0.05) is 54.1 Å². The molecule has 4 N–H and O–H groups in total. The Morgan fingerprint density at radius 3 is 2.39 bits per heavy atom. The fraction of sp³-hybridized carbons (Fsp3) is 0.400. The summed E-state index contributed by atoms with van der Waals surface area (Å²) in [5, 5.41) is 10.5. The molecule has 1 saturated heterocycles. The number of hydrogen-bond acceptors (Lipinski definition) is 4. The van der Waals surface area contributed by atoms with Gasteiger partial charge in [-0.25, -0.2) is 0 Å². The molecule has 0 aromatic heterocycles. The predicted molar refractivity (Wildman–Crippen MR) is 127 cm³/mol. The third kappa shape index (κ3) is 5.92. The lowest BCUT2D eigenvalue weighted by molar-refractivity contribution is -0.147. The van der Waals surface area contributed by atoms with Crippen LogP contribution in [-0.4, -0.2) is 53.5 Å². The van der Waals surface area contributed by atoms with Crippen molar-refractivity contribution in [3.05, 3.63) is 70.7 Å². The number of benzene rings is 2. The third-order valence-corrected chi connectivity index (χ3v) is 6.93. The number of carbonyl (C=O) groups is 3. The van der Waals surface area contributed by atoms with Crippen LogP contribution in [0, 0.1) is 0 Å². The molecule has 1 aliphatic carbocycles. The van der Waals surface area contributed by atoms with E-state index in [1.807, 2.05) is 48.5 Å². The Morgan fingerprint density at radius 1 is 1.12 bits per heavy atom. The number of hydrogen-bond donors (Lipinski definition) is 3. The van der Waals surface area contributed by atoms with Crippen LogP contribution in [0.3, 0.4) is 0 Å². The molecule has 8 heteroatoms. The van der Waals surface area contributed by atoms with Crippen molar-refractivity contribution >= 4 is 29.9 Å². The maximum absolute atomic E-state index is 13.2. The summed E-state index contributed by atoms with van der Waals surface area (Å²) in [5.41, 5.74) is 8.31. The number of carboxylic acid groups (broad SMARTS) is 1. The molecule has 1 heterocycles. The van der Waals surface area contributed by atoms with Crippen molar-refractivity contribution in [2.75, 3.05) is 13.1 Å². The predicted octanol–water partition coefficient (Wildman–Crippen LogP) is 2.75.